The molecule has 1 aliphatic rings. The van der Waals surface area contributed by atoms with Gasteiger partial charge < -0.3 is 9.30 Å². The zero-order valence-electron chi connectivity index (χ0n) is 6.06. The summed E-state index contributed by atoms with van der Waals surface area (Å²) in [5.41, 5.74) is 0.0444. The van der Waals surface area contributed by atoms with Crippen LogP contribution in [-0.2, 0) is 11.3 Å². The predicted molar refractivity (Wildman–Crippen MR) is 40.4 cm³/mol. The van der Waals surface area contributed by atoms with Gasteiger partial charge in [-0.3, -0.25) is 4.79 Å². The first-order valence-electron chi connectivity index (χ1n) is 3.63. The number of nitrogens with zero attached hydrogens (tertiary/aromatic N) is 1. The van der Waals surface area contributed by atoms with Gasteiger partial charge in [-0.1, -0.05) is 6.07 Å². The van der Waals surface area contributed by atoms with E-state index in [9.17, 15) is 4.79 Å². The van der Waals surface area contributed by atoms with Crippen LogP contribution in [0.15, 0.2) is 29.2 Å². The molecule has 1 aromatic rings. The van der Waals surface area contributed by atoms with E-state index in [1.54, 1.807) is 22.9 Å². The Labute approximate surface area is 64.2 Å². The Morgan fingerprint density at radius 1 is 1.64 bits per heavy atom. The van der Waals surface area contributed by atoms with Crippen LogP contribution in [0.25, 0.3) is 0 Å². The molecule has 11 heavy (non-hydrogen) atoms. The molecule has 3 nitrogen and oxygen atoms in total. The highest BCUT2D eigenvalue weighted by molar-refractivity contribution is 4.94. The van der Waals surface area contributed by atoms with E-state index in [0.29, 0.717) is 6.54 Å². The fourth-order valence-corrected chi connectivity index (χ4v) is 1.00. The molecule has 3 heteroatoms. The molecule has 1 saturated heterocycles. The van der Waals surface area contributed by atoms with Crippen molar-refractivity contribution in [3.8, 4) is 0 Å². The molecule has 0 amide bonds. The summed E-state index contributed by atoms with van der Waals surface area (Å²) in [5.74, 6) is 0. The topological polar surface area (TPSA) is 34.5 Å². The molecule has 1 unspecified atom stereocenters. The number of pyridine rings is 1. The Balaban J connectivity index is 2.21. The molecular formula is C8H9NO2. The van der Waals surface area contributed by atoms with Gasteiger partial charge in [-0.2, -0.15) is 0 Å². The van der Waals surface area contributed by atoms with Gasteiger partial charge in [0.05, 0.1) is 19.3 Å². The molecule has 58 valence electrons. The molecule has 0 aliphatic carbocycles. The van der Waals surface area contributed by atoms with Gasteiger partial charge in [0, 0.05) is 12.3 Å². The van der Waals surface area contributed by atoms with E-state index in [0.717, 1.165) is 6.61 Å². The van der Waals surface area contributed by atoms with Crippen molar-refractivity contribution in [2.75, 3.05) is 6.61 Å². The summed E-state index contributed by atoms with van der Waals surface area (Å²) >= 11 is 0. The van der Waals surface area contributed by atoms with Gasteiger partial charge in [0.2, 0.25) is 0 Å². The maximum atomic E-state index is 11.1. The summed E-state index contributed by atoms with van der Waals surface area (Å²) in [6, 6.07) is 5.15. The van der Waals surface area contributed by atoms with Gasteiger partial charge in [-0.05, 0) is 6.07 Å². The first kappa shape index (κ1) is 6.61. The summed E-state index contributed by atoms with van der Waals surface area (Å²) in [7, 11) is 0. The van der Waals surface area contributed by atoms with E-state index < -0.39 is 0 Å². The largest absolute Gasteiger partial charge is 0.371 e. The van der Waals surface area contributed by atoms with Crippen LogP contribution in [-0.4, -0.2) is 17.3 Å². The first-order chi connectivity index (χ1) is 5.36. The van der Waals surface area contributed by atoms with Crippen molar-refractivity contribution in [2.24, 2.45) is 0 Å². The van der Waals surface area contributed by atoms with Crippen LogP contribution in [0.1, 0.15) is 0 Å². The molecule has 2 heterocycles. The Morgan fingerprint density at radius 2 is 2.45 bits per heavy atom. The van der Waals surface area contributed by atoms with Gasteiger partial charge in [-0.25, -0.2) is 0 Å². The summed E-state index contributed by atoms with van der Waals surface area (Å²) < 4.78 is 6.67. The van der Waals surface area contributed by atoms with E-state index in [4.69, 9.17) is 4.74 Å². The minimum absolute atomic E-state index is 0.0444. The normalized spacial score (nSPS) is 21.6. The van der Waals surface area contributed by atoms with E-state index >= 15 is 0 Å². The lowest BCUT2D eigenvalue weighted by Gasteiger charge is -1.99. The van der Waals surface area contributed by atoms with Crippen LogP contribution < -0.4 is 5.56 Å². The number of rotatable bonds is 2. The van der Waals surface area contributed by atoms with Crippen molar-refractivity contribution >= 4 is 0 Å². The minimum atomic E-state index is 0.0444. The van der Waals surface area contributed by atoms with E-state index in [1.165, 1.54) is 0 Å². The van der Waals surface area contributed by atoms with Crippen molar-refractivity contribution in [1.29, 1.82) is 0 Å². The lowest BCUT2D eigenvalue weighted by Crippen LogP contribution is -2.20. The summed E-state index contributed by atoms with van der Waals surface area (Å²) in [6.45, 7) is 1.49. The number of ether oxygens (including phenoxy) is 1. The van der Waals surface area contributed by atoms with Crippen molar-refractivity contribution in [3.05, 3.63) is 34.7 Å². The van der Waals surface area contributed by atoms with Crippen molar-refractivity contribution in [2.45, 2.75) is 12.6 Å². The zero-order valence-corrected chi connectivity index (χ0v) is 6.06. The summed E-state index contributed by atoms with van der Waals surface area (Å²) in [4.78, 5) is 11.1. The van der Waals surface area contributed by atoms with Gasteiger partial charge >= 0.3 is 0 Å². The Hall–Kier alpha value is -1.09. The van der Waals surface area contributed by atoms with E-state index in [-0.39, 0.29) is 11.7 Å². The SMILES string of the molecule is O=c1ccccn1CC1CO1. The van der Waals surface area contributed by atoms with Crippen LogP contribution in [0.4, 0.5) is 0 Å². The van der Waals surface area contributed by atoms with Gasteiger partial charge in [0.15, 0.2) is 0 Å². The fourth-order valence-electron chi connectivity index (χ4n) is 1.00. The van der Waals surface area contributed by atoms with Gasteiger partial charge in [0.1, 0.15) is 0 Å². The Kier molecular flexibility index (Phi) is 1.51. The summed E-state index contributed by atoms with van der Waals surface area (Å²) in [5, 5.41) is 0. The van der Waals surface area contributed by atoms with Gasteiger partial charge in [-0.15, -0.1) is 0 Å². The Bertz CT molecular complexity index is 301. The molecular weight excluding hydrogens is 142 g/mol. The lowest BCUT2D eigenvalue weighted by atomic mass is 10.4. The number of hydrogen-bond acceptors (Lipinski definition) is 2. The van der Waals surface area contributed by atoms with E-state index in [1.807, 2.05) is 6.07 Å². The predicted octanol–water partition coefficient (Wildman–Crippen LogP) is 0.247. The van der Waals surface area contributed by atoms with Crippen LogP contribution in [0, 0.1) is 0 Å². The fraction of sp³-hybridized carbons (Fsp3) is 0.375. The average Bonchev–Trinajstić information content (AvgIpc) is 2.78. The van der Waals surface area contributed by atoms with Crippen LogP contribution in [0.3, 0.4) is 0 Å². The molecule has 0 N–H and O–H groups in total. The molecule has 0 bridgehead atoms. The van der Waals surface area contributed by atoms with E-state index in [2.05, 4.69) is 0 Å². The second kappa shape index (κ2) is 2.51. The van der Waals surface area contributed by atoms with Crippen LogP contribution in [0.5, 0.6) is 0 Å². The molecule has 1 aromatic heterocycles. The molecule has 2 rings (SSSR count). The third kappa shape index (κ3) is 1.49. The third-order valence-corrected chi connectivity index (χ3v) is 1.70. The molecule has 1 atom stereocenters. The van der Waals surface area contributed by atoms with Crippen molar-refractivity contribution in [1.82, 2.24) is 4.57 Å². The van der Waals surface area contributed by atoms with Crippen molar-refractivity contribution in [3.63, 3.8) is 0 Å². The van der Waals surface area contributed by atoms with Gasteiger partial charge in [0.25, 0.3) is 5.56 Å². The quantitative estimate of drug-likeness (QED) is 0.568. The monoisotopic (exact) mass is 151 g/mol. The second-order valence-corrected chi connectivity index (χ2v) is 2.65. The molecule has 1 fully saturated rings. The number of aromatic nitrogens is 1. The smallest absolute Gasteiger partial charge is 0.250 e. The zero-order chi connectivity index (χ0) is 7.68. The highest BCUT2D eigenvalue weighted by atomic mass is 16.6. The highest BCUT2D eigenvalue weighted by Crippen LogP contribution is 2.09. The second-order valence-electron chi connectivity index (χ2n) is 2.65. The molecule has 0 aromatic carbocycles. The first-order valence-corrected chi connectivity index (χ1v) is 3.63. The number of hydrogen-bond donors (Lipinski definition) is 0. The van der Waals surface area contributed by atoms with Crippen LogP contribution >= 0.6 is 0 Å². The van der Waals surface area contributed by atoms with Crippen molar-refractivity contribution < 1.29 is 4.74 Å². The summed E-state index contributed by atoms with van der Waals surface area (Å²) in [6.07, 6.45) is 2.05. The maximum Gasteiger partial charge on any atom is 0.250 e. The molecule has 1 aliphatic heterocycles. The molecule has 0 saturated carbocycles. The molecule has 0 radical (unpaired) electrons. The standard InChI is InChI=1S/C8H9NO2/c10-8-3-1-2-4-9(8)5-7-6-11-7/h1-4,7H,5-6H2. The minimum Gasteiger partial charge on any atom is -0.371 e. The average molecular weight is 151 g/mol. The lowest BCUT2D eigenvalue weighted by molar-refractivity contribution is 0.380. The number of epoxide rings is 1. The molecule has 0 spiro atoms. The maximum absolute atomic E-state index is 11.1. The third-order valence-electron chi connectivity index (χ3n) is 1.70. The van der Waals surface area contributed by atoms with Crippen LogP contribution in [0.2, 0.25) is 0 Å². The Morgan fingerprint density at radius 3 is 3.09 bits per heavy atom. The highest BCUT2D eigenvalue weighted by Gasteiger charge is 2.22.